The zero-order valence-corrected chi connectivity index (χ0v) is 7.94. The Labute approximate surface area is 72.0 Å². The molecule has 1 aliphatic carbocycles. The van der Waals surface area contributed by atoms with Gasteiger partial charge in [0.2, 0.25) is 0 Å². The van der Waals surface area contributed by atoms with Gasteiger partial charge >= 0.3 is 0 Å². The number of hydrogen-bond donors (Lipinski definition) is 0. The largest absolute Gasteiger partial charge is 0.106 e. The van der Waals surface area contributed by atoms with Crippen molar-refractivity contribution in [1.82, 2.24) is 0 Å². The SMILES string of the molecule is C1CCCCC1.C=C.C=CC. The topological polar surface area (TPSA) is 0 Å². The molecule has 0 aliphatic heterocycles. The maximum Gasteiger partial charge on any atom is -0.0473 e. The second kappa shape index (κ2) is 16.2. The molecule has 0 saturated heterocycles. The van der Waals surface area contributed by atoms with Crippen LogP contribution in [0, 0.1) is 0 Å². The van der Waals surface area contributed by atoms with Gasteiger partial charge in [-0.05, 0) is 6.92 Å². The molecular weight excluding hydrogens is 132 g/mol. The molecular formula is C11H22. The molecule has 66 valence electrons. The molecule has 1 aliphatic rings. The molecule has 0 radical (unpaired) electrons. The molecule has 0 spiro atoms. The zero-order chi connectivity index (χ0) is 8.95. The first-order valence-corrected chi connectivity index (χ1v) is 4.49. The first-order chi connectivity index (χ1) is 5.41. The van der Waals surface area contributed by atoms with Gasteiger partial charge in [0, 0.05) is 0 Å². The van der Waals surface area contributed by atoms with Gasteiger partial charge in [-0.1, -0.05) is 44.6 Å². The van der Waals surface area contributed by atoms with Crippen LogP contribution < -0.4 is 0 Å². The summed E-state index contributed by atoms with van der Waals surface area (Å²) >= 11 is 0. The minimum atomic E-state index is 1.50. The van der Waals surface area contributed by atoms with Crippen LogP contribution in [0.15, 0.2) is 25.8 Å². The Bertz CT molecular complexity index is 48.9. The van der Waals surface area contributed by atoms with Crippen LogP contribution >= 0.6 is 0 Å². The fourth-order valence-corrected chi connectivity index (χ4v) is 1.06. The van der Waals surface area contributed by atoms with E-state index in [0.717, 1.165) is 0 Å². The molecule has 0 unspecified atom stereocenters. The Balaban J connectivity index is 0. The van der Waals surface area contributed by atoms with Gasteiger partial charge in [0.1, 0.15) is 0 Å². The monoisotopic (exact) mass is 154 g/mol. The predicted molar refractivity (Wildman–Crippen MR) is 54.8 cm³/mol. The van der Waals surface area contributed by atoms with E-state index in [2.05, 4.69) is 19.7 Å². The Kier molecular flexibility index (Phi) is 19.3. The lowest BCUT2D eigenvalue weighted by Gasteiger charge is -2.05. The van der Waals surface area contributed by atoms with Crippen molar-refractivity contribution in [2.24, 2.45) is 0 Å². The van der Waals surface area contributed by atoms with Crippen molar-refractivity contribution in [2.75, 3.05) is 0 Å². The smallest absolute Gasteiger partial charge is 0.0473 e. The molecule has 11 heavy (non-hydrogen) atoms. The summed E-state index contributed by atoms with van der Waals surface area (Å²) in [7, 11) is 0. The third kappa shape index (κ3) is 17.7. The van der Waals surface area contributed by atoms with E-state index in [4.69, 9.17) is 0 Å². The minimum absolute atomic E-state index is 1.50. The van der Waals surface area contributed by atoms with Gasteiger partial charge in [0.05, 0.1) is 0 Å². The van der Waals surface area contributed by atoms with Gasteiger partial charge < -0.3 is 0 Å². The van der Waals surface area contributed by atoms with Gasteiger partial charge in [0.25, 0.3) is 0 Å². The second-order valence-corrected chi connectivity index (χ2v) is 2.53. The van der Waals surface area contributed by atoms with E-state index in [1.807, 2.05) is 6.92 Å². The summed E-state index contributed by atoms with van der Waals surface area (Å²) in [4.78, 5) is 0. The maximum atomic E-state index is 3.36. The molecule has 0 N–H and O–H groups in total. The Morgan fingerprint density at radius 2 is 0.909 bits per heavy atom. The zero-order valence-electron chi connectivity index (χ0n) is 7.94. The number of hydrogen-bond acceptors (Lipinski definition) is 0. The van der Waals surface area contributed by atoms with Crippen LogP contribution in [0.1, 0.15) is 45.4 Å². The average Bonchev–Trinajstić information content (AvgIpc) is 2.12. The van der Waals surface area contributed by atoms with Crippen LogP contribution in [-0.2, 0) is 0 Å². The lowest BCUT2D eigenvalue weighted by atomic mass is 10.0. The molecule has 0 heterocycles. The highest BCUT2D eigenvalue weighted by atomic mass is 14.0. The fraction of sp³-hybridized carbons (Fsp3) is 0.636. The van der Waals surface area contributed by atoms with Crippen molar-refractivity contribution >= 4 is 0 Å². The van der Waals surface area contributed by atoms with Crippen molar-refractivity contribution in [3.05, 3.63) is 25.8 Å². The highest BCUT2D eigenvalue weighted by Crippen LogP contribution is 2.15. The van der Waals surface area contributed by atoms with Crippen LogP contribution in [0.4, 0.5) is 0 Å². The van der Waals surface area contributed by atoms with Crippen molar-refractivity contribution in [2.45, 2.75) is 45.4 Å². The van der Waals surface area contributed by atoms with E-state index in [1.165, 1.54) is 38.5 Å². The summed E-state index contributed by atoms with van der Waals surface area (Å²) in [6.07, 6.45) is 10.8. The summed E-state index contributed by atoms with van der Waals surface area (Å²) in [5, 5.41) is 0. The highest BCUT2D eigenvalue weighted by molar-refractivity contribution is 4.51. The van der Waals surface area contributed by atoms with Crippen LogP contribution in [0.5, 0.6) is 0 Å². The van der Waals surface area contributed by atoms with Gasteiger partial charge in [-0.25, -0.2) is 0 Å². The normalized spacial score (nSPS) is 14.6. The van der Waals surface area contributed by atoms with Gasteiger partial charge in [-0.15, -0.1) is 19.7 Å². The third-order valence-corrected chi connectivity index (χ3v) is 1.50. The number of rotatable bonds is 0. The van der Waals surface area contributed by atoms with E-state index >= 15 is 0 Å². The quantitative estimate of drug-likeness (QED) is 0.455. The molecule has 0 aromatic heterocycles. The molecule has 0 nitrogen and oxygen atoms in total. The van der Waals surface area contributed by atoms with Crippen molar-refractivity contribution in [1.29, 1.82) is 0 Å². The molecule has 1 rings (SSSR count). The van der Waals surface area contributed by atoms with E-state index in [-0.39, 0.29) is 0 Å². The first kappa shape index (κ1) is 13.1. The predicted octanol–water partition coefficient (Wildman–Crippen LogP) is 4.34. The first-order valence-electron chi connectivity index (χ1n) is 4.49. The van der Waals surface area contributed by atoms with E-state index in [0.29, 0.717) is 0 Å². The standard InChI is InChI=1S/C6H12.C3H6.C2H4/c1-2-4-6-5-3-1;1-3-2;1-2/h1-6H2;3H,1H2,2H3;1-2H2. The Hall–Kier alpha value is -0.520. The minimum Gasteiger partial charge on any atom is -0.106 e. The molecule has 0 atom stereocenters. The lowest BCUT2D eigenvalue weighted by molar-refractivity contribution is 0.504. The fourth-order valence-electron chi connectivity index (χ4n) is 1.06. The summed E-state index contributed by atoms with van der Waals surface area (Å²) in [5.41, 5.74) is 0. The number of allylic oxidation sites excluding steroid dienone is 1. The van der Waals surface area contributed by atoms with E-state index < -0.39 is 0 Å². The summed E-state index contributed by atoms with van der Waals surface area (Å²) in [5.74, 6) is 0. The second-order valence-electron chi connectivity index (χ2n) is 2.53. The molecule has 1 fully saturated rings. The molecule has 0 heteroatoms. The van der Waals surface area contributed by atoms with Crippen LogP contribution in [-0.4, -0.2) is 0 Å². The Morgan fingerprint density at radius 3 is 1.00 bits per heavy atom. The summed E-state index contributed by atoms with van der Waals surface area (Å²) in [6, 6.07) is 0. The van der Waals surface area contributed by atoms with Crippen LogP contribution in [0.25, 0.3) is 0 Å². The van der Waals surface area contributed by atoms with Crippen molar-refractivity contribution in [3.63, 3.8) is 0 Å². The van der Waals surface area contributed by atoms with E-state index in [9.17, 15) is 0 Å². The van der Waals surface area contributed by atoms with E-state index in [1.54, 1.807) is 6.08 Å². The van der Waals surface area contributed by atoms with Crippen molar-refractivity contribution in [3.8, 4) is 0 Å². The van der Waals surface area contributed by atoms with Gasteiger partial charge in [0.15, 0.2) is 0 Å². The molecule has 0 bridgehead atoms. The van der Waals surface area contributed by atoms with Gasteiger partial charge in [-0.3, -0.25) is 0 Å². The molecule has 0 aromatic carbocycles. The average molecular weight is 154 g/mol. The van der Waals surface area contributed by atoms with Crippen molar-refractivity contribution < 1.29 is 0 Å². The molecule has 1 saturated carbocycles. The molecule has 0 amide bonds. The van der Waals surface area contributed by atoms with Crippen LogP contribution in [0.3, 0.4) is 0 Å². The lowest BCUT2D eigenvalue weighted by Crippen LogP contribution is -1.85. The maximum absolute atomic E-state index is 3.36. The van der Waals surface area contributed by atoms with Crippen LogP contribution in [0.2, 0.25) is 0 Å². The Morgan fingerprint density at radius 1 is 0.818 bits per heavy atom. The summed E-state index contributed by atoms with van der Waals surface area (Å²) < 4.78 is 0. The third-order valence-electron chi connectivity index (χ3n) is 1.50. The van der Waals surface area contributed by atoms with Gasteiger partial charge in [-0.2, -0.15) is 0 Å². The molecule has 0 aromatic rings. The highest BCUT2D eigenvalue weighted by Gasteiger charge is 1.95. The summed E-state index contributed by atoms with van der Waals surface area (Å²) in [6.45, 7) is 11.2.